The van der Waals surface area contributed by atoms with Crippen molar-refractivity contribution in [3.63, 3.8) is 0 Å². The molecule has 148 valence electrons. The Labute approximate surface area is 173 Å². The molecular weight excluding hydrogens is 378 g/mol. The molecule has 30 heavy (non-hydrogen) atoms. The van der Waals surface area contributed by atoms with Crippen LogP contribution in [-0.4, -0.2) is 17.0 Å². The third-order valence-corrected chi connectivity index (χ3v) is 4.98. The number of carboxylic acids is 1. The number of hydrogen-bond acceptors (Lipinski definition) is 3. The highest BCUT2D eigenvalue weighted by Crippen LogP contribution is 2.29. The first-order valence-corrected chi connectivity index (χ1v) is 9.40. The van der Waals surface area contributed by atoms with Gasteiger partial charge in [0.15, 0.2) is 0 Å². The molecule has 4 rings (SSSR count). The Morgan fingerprint density at radius 3 is 2.27 bits per heavy atom. The zero-order valence-corrected chi connectivity index (χ0v) is 16.0. The van der Waals surface area contributed by atoms with Gasteiger partial charge in [0.2, 0.25) is 5.91 Å². The van der Waals surface area contributed by atoms with Gasteiger partial charge < -0.3 is 15.6 Å². The Bertz CT molecular complexity index is 1240. The van der Waals surface area contributed by atoms with Crippen LogP contribution in [0.2, 0.25) is 0 Å². The van der Waals surface area contributed by atoms with Gasteiger partial charge in [-0.2, -0.15) is 0 Å². The number of carboxylic acid groups (broad SMARTS) is 1. The topological polar surface area (TPSA) is 89.6 Å². The number of carbonyl (C=O) groups is 2. The number of hydrogen-bond donors (Lipinski definition) is 2. The van der Waals surface area contributed by atoms with E-state index >= 15 is 0 Å². The Morgan fingerprint density at radius 1 is 0.833 bits per heavy atom. The van der Waals surface area contributed by atoms with Gasteiger partial charge in [0, 0.05) is 5.56 Å². The fourth-order valence-corrected chi connectivity index (χ4v) is 3.40. The lowest BCUT2D eigenvalue weighted by Crippen LogP contribution is -2.10. The number of ether oxygens (including phenoxy) is 1. The second-order valence-corrected chi connectivity index (χ2v) is 6.88. The Hall–Kier alpha value is -4.12. The fraction of sp³-hybridized carbons (Fsp3) is 0.0400. The third kappa shape index (κ3) is 3.86. The van der Waals surface area contributed by atoms with Crippen LogP contribution in [-0.2, 0) is 6.61 Å². The molecule has 4 aromatic carbocycles. The Kier molecular flexibility index (Phi) is 5.18. The summed E-state index contributed by atoms with van der Waals surface area (Å²) in [4.78, 5) is 23.0. The van der Waals surface area contributed by atoms with Crippen LogP contribution < -0.4 is 10.5 Å². The van der Waals surface area contributed by atoms with E-state index in [4.69, 9.17) is 10.5 Å². The zero-order valence-electron chi connectivity index (χ0n) is 16.0. The number of nitrogens with two attached hydrogens (primary N) is 1. The highest BCUT2D eigenvalue weighted by molar-refractivity contribution is 5.94. The van der Waals surface area contributed by atoms with E-state index in [0.29, 0.717) is 5.56 Å². The molecule has 0 saturated heterocycles. The van der Waals surface area contributed by atoms with Gasteiger partial charge in [0.25, 0.3) is 0 Å². The van der Waals surface area contributed by atoms with Crippen molar-refractivity contribution in [3.8, 4) is 16.9 Å². The number of fused-ring (bicyclic) bond motifs is 1. The van der Waals surface area contributed by atoms with Crippen LogP contribution in [0.25, 0.3) is 21.9 Å². The SMILES string of the molecule is NC(=O)c1ccc(-c2ccc(C(=O)O)c(OCc3cccc4ccccc34)c2)cc1. The molecule has 5 heteroatoms. The average Bonchev–Trinajstić information content (AvgIpc) is 2.77. The van der Waals surface area contributed by atoms with Crippen molar-refractivity contribution >= 4 is 22.6 Å². The first-order chi connectivity index (χ1) is 14.5. The molecule has 0 aliphatic heterocycles. The molecule has 0 unspecified atom stereocenters. The molecule has 0 aromatic heterocycles. The standard InChI is InChI=1S/C25H19NO4/c26-24(27)18-10-8-16(9-11-18)19-12-13-22(25(28)29)23(14-19)30-15-20-6-3-5-17-4-1-2-7-21(17)20/h1-14H,15H2,(H2,26,27)(H,28,29). The minimum absolute atomic E-state index is 0.0905. The lowest BCUT2D eigenvalue weighted by atomic mass is 10.0. The van der Waals surface area contributed by atoms with Crippen molar-refractivity contribution in [2.75, 3.05) is 0 Å². The second kappa shape index (κ2) is 8.09. The van der Waals surface area contributed by atoms with E-state index in [1.165, 1.54) is 6.07 Å². The molecule has 0 aliphatic carbocycles. The average molecular weight is 397 g/mol. The summed E-state index contributed by atoms with van der Waals surface area (Å²) in [6.07, 6.45) is 0. The summed E-state index contributed by atoms with van der Waals surface area (Å²) >= 11 is 0. The van der Waals surface area contributed by atoms with Gasteiger partial charge in [-0.15, -0.1) is 0 Å². The maximum atomic E-state index is 11.7. The van der Waals surface area contributed by atoms with Gasteiger partial charge in [0.1, 0.15) is 17.9 Å². The normalized spacial score (nSPS) is 10.7. The van der Waals surface area contributed by atoms with Crippen LogP contribution in [0.1, 0.15) is 26.3 Å². The van der Waals surface area contributed by atoms with Crippen LogP contribution in [0, 0.1) is 0 Å². The quantitative estimate of drug-likeness (QED) is 0.485. The molecule has 0 aliphatic rings. The molecule has 0 radical (unpaired) electrons. The summed E-state index contributed by atoms with van der Waals surface area (Å²) in [6.45, 7) is 0.242. The number of primary amides is 1. The van der Waals surface area contributed by atoms with Crippen LogP contribution in [0.4, 0.5) is 0 Å². The van der Waals surface area contributed by atoms with E-state index in [2.05, 4.69) is 0 Å². The molecule has 0 fully saturated rings. The number of amides is 1. The van der Waals surface area contributed by atoms with Crippen LogP contribution in [0.15, 0.2) is 84.9 Å². The Morgan fingerprint density at radius 2 is 1.53 bits per heavy atom. The van der Waals surface area contributed by atoms with Crippen molar-refractivity contribution in [2.24, 2.45) is 5.73 Å². The van der Waals surface area contributed by atoms with Crippen molar-refractivity contribution in [3.05, 3.63) is 102 Å². The third-order valence-electron chi connectivity index (χ3n) is 4.98. The van der Waals surface area contributed by atoms with Gasteiger partial charge in [0.05, 0.1) is 0 Å². The molecule has 3 N–H and O–H groups in total. The molecule has 0 saturated carbocycles. The molecule has 0 atom stereocenters. The summed E-state index contributed by atoms with van der Waals surface area (Å²) in [6, 6.07) is 25.7. The lowest BCUT2D eigenvalue weighted by molar-refractivity contribution is 0.0691. The number of carbonyl (C=O) groups excluding carboxylic acids is 1. The molecule has 0 heterocycles. The van der Waals surface area contributed by atoms with Crippen LogP contribution >= 0.6 is 0 Å². The summed E-state index contributed by atoms with van der Waals surface area (Å²) in [5.41, 5.74) is 8.37. The van der Waals surface area contributed by atoms with Gasteiger partial charge >= 0.3 is 5.97 Å². The minimum atomic E-state index is -1.06. The predicted molar refractivity (Wildman–Crippen MR) is 116 cm³/mol. The molecule has 4 aromatic rings. The molecule has 5 nitrogen and oxygen atoms in total. The number of rotatable bonds is 6. The highest BCUT2D eigenvalue weighted by atomic mass is 16.5. The van der Waals surface area contributed by atoms with Gasteiger partial charge in [-0.1, -0.05) is 60.7 Å². The summed E-state index contributed by atoms with van der Waals surface area (Å²) in [7, 11) is 0. The maximum absolute atomic E-state index is 11.7. The van der Waals surface area contributed by atoms with Crippen molar-refractivity contribution in [1.82, 2.24) is 0 Å². The summed E-state index contributed by atoms with van der Waals surface area (Å²) < 4.78 is 5.96. The number of benzene rings is 4. The van der Waals surface area contributed by atoms with Crippen molar-refractivity contribution in [2.45, 2.75) is 6.61 Å². The van der Waals surface area contributed by atoms with Crippen LogP contribution in [0.3, 0.4) is 0 Å². The largest absolute Gasteiger partial charge is 0.488 e. The van der Waals surface area contributed by atoms with E-state index in [0.717, 1.165) is 27.5 Å². The monoisotopic (exact) mass is 397 g/mol. The van der Waals surface area contributed by atoms with Gasteiger partial charge in [-0.05, 0) is 51.7 Å². The second-order valence-electron chi connectivity index (χ2n) is 6.88. The molecular formula is C25H19NO4. The first kappa shape index (κ1) is 19.2. The fourth-order valence-electron chi connectivity index (χ4n) is 3.40. The lowest BCUT2D eigenvalue weighted by Gasteiger charge is -2.13. The van der Waals surface area contributed by atoms with Gasteiger partial charge in [-0.3, -0.25) is 4.79 Å². The zero-order chi connectivity index (χ0) is 21.1. The van der Waals surface area contributed by atoms with Gasteiger partial charge in [-0.25, -0.2) is 4.79 Å². The Balaban J connectivity index is 1.66. The van der Waals surface area contributed by atoms with E-state index in [-0.39, 0.29) is 17.9 Å². The summed E-state index contributed by atoms with van der Waals surface area (Å²) in [5, 5.41) is 11.7. The highest BCUT2D eigenvalue weighted by Gasteiger charge is 2.14. The van der Waals surface area contributed by atoms with E-state index in [9.17, 15) is 14.7 Å². The van der Waals surface area contributed by atoms with E-state index in [1.54, 1.807) is 36.4 Å². The smallest absolute Gasteiger partial charge is 0.339 e. The first-order valence-electron chi connectivity index (χ1n) is 9.40. The predicted octanol–water partition coefficient (Wildman–Crippen LogP) is 4.88. The molecule has 0 bridgehead atoms. The molecule has 1 amide bonds. The van der Waals surface area contributed by atoms with Crippen molar-refractivity contribution < 1.29 is 19.4 Å². The maximum Gasteiger partial charge on any atom is 0.339 e. The van der Waals surface area contributed by atoms with E-state index < -0.39 is 11.9 Å². The van der Waals surface area contributed by atoms with Crippen LogP contribution in [0.5, 0.6) is 5.75 Å². The van der Waals surface area contributed by atoms with E-state index in [1.807, 2.05) is 42.5 Å². The number of aromatic carboxylic acids is 1. The minimum Gasteiger partial charge on any atom is -0.488 e. The van der Waals surface area contributed by atoms with Crippen molar-refractivity contribution in [1.29, 1.82) is 0 Å². The molecule has 0 spiro atoms. The summed E-state index contributed by atoms with van der Waals surface area (Å²) in [5.74, 6) is -1.27.